The summed E-state index contributed by atoms with van der Waals surface area (Å²) in [5.41, 5.74) is 2.67. The molecule has 0 aliphatic carbocycles. The van der Waals surface area contributed by atoms with Crippen molar-refractivity contribution in [2.24, 2.45) is 0 Å². The number of aromatic nitrogens is 5. The van der Waals surface area contributed by atoms with Crippen LogP contribution in [-0.2, 0) is 0 Å². The van der Waals surface area contributed by atoms with Crippen LogP contribution in [0.15, 0.2) is 54.9 Å². The number of nitrogens with zero attached hydrogens (tertiary/aromatic N) is 5. The van der Waals surface area contributed by atoms with Gasteiger partial charge in [0.1, 0.15) is 17.4 Å². The molecule has 4 aromatic rings. The molecule has 0 saturated heterocycles. The van der Waals surface area contributed by atoms with Gasteiger partial charge in [-0.15, -0.1) is 5.10 Å². The van der Waals surface area contributed by atoms with Gasteiger partial charge in [0, 0.05) is 0 Å². The van der Waals surface area contributed by atoms with Crippen molar-refractivity contribution in [2.75, 3.05) is 0 Å². The molecule has 21 heavy (non-hydrogen) atoms. The molecule has 2 aromatic carbocycles. The molecular formula is C14H9N5O2. The Morgan fingerprint density at radius 1 is 0.952 bits per heavy atom. The van der Waals surface area contributed by atoms with E-state index < -0.39 is 6.09 Å². The maximum atomic E-state index is 12.2. The number of rotatable bonds is 1. The fraction of sp³-hybridized carbons (Fsp3) is 0. The molecule has 0 amide bonds. The quantitative estimate of drug-likeness (QED) is 0.497. The first kappa shape index (κ1) is 11.6. The van der Waals surface area contributed by atoms with E-state index in [2.05, 4.69) is 15.3 Å². The van der Waals surface area contributed by atoms with E-state index in [9.17, 15) is 4.79 Å². The van der Waals surface area contributed by atoms with Crippen LogP contribution in [0, 0.1) is 0 Å². The highest BCUT2D eigenvalue weighted by molar-refractivity contribution is 5.86. The van der Waals surface area contributed by atoms with Crippen LogP contribution in [0.5, 0.6) is 0 Å². The van der Waals surface area contributed by atoms with E-state index in [1.54, 1.807) is 18.2 Å². The molecule has 0 atom stereocenters. The lowest BCUT2D eigenvalue weighted by Crippen LogP contribution is -2.25. The van der Waals surface area contributed by atoms with Crippen molar-refractivity contribution >= 4 is 28.2 Å². The van der Waals surface area contributed by atoms with E-state index in [1.807, 2.05) is 30.3 Å². The number of carbonyl (C=O) groups is 1. The summed E-state index contributed by atoms with van der Waals surface area (Å²) in [6, 6.07) is 14.5. The first-order valence-corrected chi connectivity index (χ1v) is 6.28. The molecule has 102 valence electrons. The molecule has 0 saturated carbocycles. The van der Waals surface area contributed by atoms with Crippen LogP contribution >= 0.6 is 0 Å². The second kappa shape index (κ2) is 4.41. The smallest absolute Gasteiger partial charge is 0.296 e. The molecule has 0 radical (unpaired) electrons. The summed E-state index contributed by atoms with van der Waals surface area (Å²) in [7, 11) is 0. The summed E-state index contributed by atoms with van der Waals surface area (Å²) in [6.07, 6.45) is 0.825. The van der Waals surface area contributed by atoms with Gasteiger partial charge in [0.2, 0.25) is 0 Å². The van der Waals surface area contributed by atoms with E-state index in [0.29, 0.717) is 16.6 Å². The molecular weight excluding hydrogens is 270 g/mol. The lowest BCUT2D eigenvalue weighted by molar-refractivity contribution is 0.121. The van der Waals surface area contributed by atoms with Gasteiger partial charge >= 0.3 is 6.09 Å². The normalized spacial score (nSPS) is 11.0. The first-order chi connectivity index (χ1) is 10.3. The van der Waals surface area contributed by atoms with Crippen molar-refractivity contribution < 1.29 is 9.63 Å². The molecule has 0 N–H and O–H groups in total. The summed E-state index contributed by atoms with van der Waals surface area (Å²) < 4.78 is 1.33. The van der Waals surface area contributed by atoms with Gasteiger partial charge in [-0.1, -0.05) is 29.1 Å². The molecule has 4 rings (SSSR count). The highest BCUT2D eigenvalue weighted by Gasteiger charge is 2.14. The third kappa shape index (κ3) is 1.83. The number of hydrogen-bond donors (Lipinski definition) is 0. The fourth-order valence-corrected chi connectivity index (χ4v) is 2.14. The number of imidazole rings is 1. The van der Waals surface area contributed by atoms with Crippen molar-refractivity contribution in [1.82, 2.24) is 24.7 Å². The van der Waals surface area contributed by atoms with Gasteiger partial charge < -0.3 is 0 Å². The molecule has 0 spiro atoms. The average Bonchev–Trinajstić information content (AvgIpc) is 3.12. The lowest BCUT2D eigenvalue weighted by atomic mass is 10.3. The van der Waals surface area contributed by atoms with Crippen molar-refractivity contribution in [3.05, 3.63) is 54.9 Å². The Labute approximate surface area is 118 Å². The third-order valence-corrected chi connectivity index (χ3v) is 3.14. The second-order valence-corrected chi connectivity index (χ2v) is 4.41. The van der Waals surface area contributed by atoms with Crippen molar-refractivity contribution in [3.8, 4) is 0 Å². The minimum Gasteiger partial charge on any atom is -0.296 e. The van der Waals surface area contributed by atoms with Gasteiger partial charge in [-0.3, -0.25) is 4.84 Å². The van der Waals surface area contributed by atoms with Gasteiger partial charge in [-0.05, 0) is 29.5 Å². The zero-order valence-corrected chi connectivity index (χ0v) is 10.7. The SMILES string of the molecule is O=C(On1nnc2ccccc21)n1cnc2ccccc21. The standard InChI is InChI=1S/C14H9N5O2/c20-14(18-9-15-10-5-1-3-7-12(10)18)21-19-13-8-4-2-6-11(13)16-17-19/h1-9H. The summed E-state index contributed by atoms with van der Waals surface area (Å²) in [6.45, 7) is 0. The van der Waals surface area contributed by atoms with Crippen LogP contribution < -0.4 is 4.84 Å². The Hall–Kier alpha value is -3.22. The van der Waals surface area contributed by atoms with E-state index in [4.69, 9.17) is 4.84 Å². The molecule has 0 fully saturated rings. The Kier molecular flexibility index (Phi) is 2.43. The van der Waals surface area contributed by atoms with Crippen LogP contribution in [0.3, 0.4) is 0 Å². The third-order valence-electron chi connectivity index (χ3n) is 3.14. The Balaban J connectivity index is 1.72. The van der Waals surface area contributed by atoms with Crippen LogP contribution in [-0.4, -0.2) is 30.8 Å². The van der Waals surface area contributed by atoms with E-state index in [1.165, 1.54) is 10.9 Å². The predicted molar refractivity (Wildman–Crippen MR) is 74.6 cm³/mol. The molecule has 2 heterocycles. The average molecular weight is 279 g/mol. The maximum Gasteiger partial charge on any atom is 0.446 e. The second-order valence-electron chi connectivity index (χ2n) is 4.41. The van der Waals surface area contributed by atoms with Crippen LogP contribution in [0.4, 0.5) is 4.79 Å². The summed E-state index contributed by atoms with van der Waals surface area (Å²) in [5.74, 6) is 0. The van der Waals surface area contributed by atoms with Crippen LogP contribution in [0.2, 0.25) is 0 Å². The molecule has 2 aromatic heterocycles. The number of fused-ring (bicyclic) bond motifs is 2. The first-order valence-electron chi connectivity index (χ1n) is 6.28. The number of carbonyl (C=O) groups excluding carboxylic acids is 1. The van der Waals surface area contributed by atoms with E-state index in [0.717, 1.165) is 10.4 Å². The molecule has 0 unspecified atom stereocenters. The summed E-state index contributed by atoms with van der Waals surface area (Å²) in [4.78, 5) is 22.7. The zero-order valence-electron chi connectivity index (χ0n) is 10.7. The Bertz CT molecular complexity index is 956. The number of hydrogen-bond acceptors (Lipinski definition) is 5. The fourth-order valence-electron chi connectivity index (χ4n) is 2.14. The zero-order chi connectivity index (χ0) is 14.2. The van der Waals surface area contributed by atoms with Crippen LogP contribution in [0.25, 0.3) is 22.1 Å². The van der Waals surface area contributed by atoms with Gasteiger partial charge in [0.15, 0.2) is 0 Å². The van der Waals surface area contributed by atoms with E-state index >= 15 is 0 Å². The van der Waals surface area contributed by atoms with Crippen molar-refractivity contribution in [1.29, 1.82) is 0 Å². The molecule has 7 heteroatoms. The van der Waals surface area contributed by atoms with Crippen molar-refractivity contribution in [2.45, 2.75) is 0 Å². The monoisotopic (exact) mass is 279 g/mol. The largest absolute Gasteiger partial charge is 0.446 e. The van der Waals surface area contributed by atoms with Gasteiger partial charge in [0.25, 0.3) is 0 Å². The highest BCUT2D eigenvalue weighted by Crippen LogP contribution is 2.12. The lowest BCUT2D eigenvalue weighted by Gasteiger charge is -2.04. The Morgan fingerprint density at radius 3 is 2.52 bits per heavy atom. The van der Waals surface area contributed by atoms with Gasteiger partial charge in [0.05, 0.1) is 11.0 Å². The molecule has 0 aliphatic heterocycles. The van der Waals surface area contributed by atoms with Crippen LogP contribution in [0.1, 0.15) is 0 Å². The minimum atomic E-state index is -0.598. The molecule has 0 aliphatic rings. The predicted octanol–water partition coefficient (Wildman–Crippen LogP) is 1.88. The summed E-state index contributed by atoms with van der Waals surface area (Å²) >= 11 is 0. The summed E-state index contributed by atoms with van der Waals surface area (Å²) in [5, 5.41) is 7.74. The van der Waals surface area contributed by atoms with Gasteiger partial charge in [-0.2, -0.15) is 0 Å². The Morgan fingerprint density at radius 2 is 1.67 bits per heavy atom. The topological polar surface area (TPSA) is 74.8 Å². The van der Waals surface area contributed by atoms with Gasteiger partial charge in [-0.25, -0.2) is 14.3 Å². The maximum absolute atomic E-state index is 12.2. The molecule has 0 bridgehead atoms. The van der Waals surface area contributed by atoms with Crippen molar-refractivity contribution in [3.63, 3.8) is 0 Å². The number of para-hydroxylation sites is 3. The van der Waals surface area contributed by atoms with E-state index in [-0.39, 0.29) is 0 Å². The highest BCUT2D eigenvalue weighted by atomic mass is 16.7. The minimum absolute atomic E-state index is 0.598. The molecule has 7 nitrogen and oxygen atoms in total. The number of benzene rings is 2.